The fourth-order valence-corrected chi connectivity index (χ4v) is 5.09. The van der Waals surface area contributed by atoms with Crippen molar-refractivity contribution >= 4 is 23.9 Å². The Labute approximate surface area is 253 Å². The number of benzene rings is 3. The Hall–Kier alpha value is -4.66. The van der Waals surface area contributed by atoms with Crippen molar-refractivity contribution in [2.45, 2.75) is 70.8 Å². The Balaban J connectivity index is 1.58. The number of hydrogen-bond donors (Lipinski definition) is 3. The summed E-state index contributed by atoms with van der Waals surface area (Å²) in [6.45, 7) is 6.20. The van der Waals surface area contributed by atoms with Crippen LogP contribution in [0, 0.1) is 5.41 Å². The monoisotopic (exact) mass is 583 g/mol. The maximum absolute atomic E-state index is 14.1. The van der Waals surface area contributed by atoms with Gasteiger partial charge in [0.1, 0.15) is 17.5 Å². The number of nitrogens with one attached hydrogen (secondary N) is 3. The highest BCUT2D eigenvalue weighted by atomic mass is 16.6. The topological polar surface area (TPSA) is 115 Å². The van der Waals surface area contributed by atoms with E-state index in [2.05, 4.69) is 10.6 Å². The van der Waals surface area contributed by atoms with Crippen LogP contribution in [-0.2, 0) is 29.0 Å². The fourth-order valence-electron chi connectivity index (χ4n) is 5.09. The predicted octanol–water partition coefficient (Wildman–Crippen LogP) is 5.50. The number of amides is 4. The summed E-state index contributed by atoms with van der Waals surface area (Å²) >= 11 is 0. The van der Waals surface area contributed by atoms with Gasteiger partial charge in [0.05, 0.1) is 12.6 Å². The van der Waals surface area contributed by atoms with Crippen molar-refractivity contribution in [2.75, 3.05) is 6.54 Å². The molecular formula is C34H41N5O4. The number of carbonyl (C=O) groups is 3. The van der Waals surface area contributed by atoms with E-state index in [-0.39, 0.29) is 30.9 Å². The van der Waals surface area contributed by atoms with Gasteiger partial charge in [-0.3, -0.25) is 15.1 Å². The molecule has 0 aromatic heterocycles. The van der Waals surface area contributed by atoms with Crippen molar-refractivity contribution in [2.24, 2.45) is 0 Å². The SMILES string of the molecule is CC(C)(C)OC(=O)NCCC[C@@H](C(=O)NCc1ccccc1)N1C(=O)N(Cc2ccccc2)C(=N)[C@H]1Cc1ccccc1. The Bertz CT molecular complexity index is 1380. The second-order valence-electron chi connectivity index (χ2n) is 11.6. The van der Waals surface area contributed by atoms with E-state index in [1.165, 1.54) is 4.90 Å². The zero-order valence-electron chi connectivity index (χ0n) is 25.1. The van der Waals surface area contributed by atoms with Crippen LogP contribution >= 0.6 is 0 Å². The molecule has 1 fully saturated rings. The highest BCUT2D eigenvalue weighted by molar-refractivity contribution is 6.07. The summed E-state index contributed by atoms with van der Waals surface area (Å²) in [4.78, 5) is 43.1. The molecule has 0 bridgehead atoms. The van der Waals surface area contributed by atoms with Crippen LogP contribution in [0.3, 0.4) is 0 Å². The molecule has 4 rings (SSSR count). The molecule has 0 saturated carbocycles. The van der Waals surface area contributed by atoms with E-state index >= 15 is 0 Å². The number of amidine groups is 1. The first kappa shape index (κ1) is 31.3. The average molecular weight is 584 g/mol. The Kier molecular flexibility index (Phi) is 10.5. The van der Waals surface area contributed by atoms with Gasteiger partial charge in [-0.2, -0.15) is 0 Å². The van der Waals surface area contributed by atoms with Gasteiger partial charge < -0.3 is 20.3 Å². The zero-order valence-corrected chi connectivity index (χ0v) is 25.1. The van der Waals surface area contributed by atoms with Crippen molar-refractivity contribution in [3.05, 3.63) is 108 Å². The van der Waals surface area contributed by atoms with Crippen LogP contribution in [0.2, 0.25) is 0 Å². The highest BCUT2D eigenvalue weighted by Crippen LogP contribution is 2.28. The molecule has 0 unspecified atom stereocenters. The summed E-state index contributed by atoms with van der Waals surface area (Å²) in [6, 6.07) is 27.0. The van der Waals surface area contributed by atoms with Crippen molar-refractivity contribution in [3.63, 3.8) is 0 Å². The first-order valence-corrected chi connectivity index (χ1v) is 14.7. The molecule has 3 aromatic rings. The number of hydrogen-bond acceptors (Lipinski definition) is 5. The van der Waals surface area contributed by atoms with Crippen LogP contribution < -0.4 is 10.6 Å². The van der Waals surface area contributed by atoms with Gasteiger partial charge in [-0.1, -0.05) is 91.0 Å². The summed E-state index contributed by atoms with van der Waals surface area (Å²) in [5.74, 6) is -0.146. The molecule has 9 nitrogen and oxygen atoms in total. The molecule has 1 heterocycles. The lowest BCUT2D eigenvalue weighted by Crippen LogP contribution is -2.52. The van der Waals surface area contributed by atoms with Crippen LogP contribution in [0.15, 0.2) is 91.0 Å². The minimum Gasteiger partial charge on any atom is -0.444 e. The van der Waals surface area contributed by atoms with Gasteiger partial charge in [-0.25, -0.2) is 9.59 Å². The molecular weight excluding hydrogens is 542 g/mol. The van der Waals surface area contributed by atoms with Gasteiger partial charge in [-0.15, -0.1) is 0 Å². The van der Waals surface area contributed by atoms with Crippen molar-refractivity contribution in [1.82, 2.24) is 20.4 Å². The molecule has 2 atom stereocenters. The van der Waals surface area contributed by atoms with E-state index in [0.29, 0.717) is 25.8 Å². The maximum Gasteiger partial charge on any atom is 0.407 e. The van der Waals surface area contributed by atoms with E-state index in [9.17, 15) is 14.4 Å². The van der Waals surface area contributed by atoms with Crippen LogP contribution in [0.25, 0.3) is 0 Å². The largest absolute Gasteiger partial charge is 0.444 e. The van der Waals surface area contributed by atoms with E-state index in [0.717, 1.165) is 16.7 Å². The number of urea groups is 1. The first-order chi connectivity index (χ1) is 20.6. The molecule has 0 aliphatic carbocycles. The number of carbonyl (C=O) groups excluding carboxylic acids is 3. The molecule has 1 aliphatic heterocycles. The molecule has 0 radical (unpaired) electrons. The number of rotatable bonds is 12. The maximum atomic E-state index is 14.1. The van der Waals surface area contributed by atoms with Gasteiger partial charge in [-0.05, 0) is 50.3 Å². The number of nitrogens with zero attached hydrogens (tertiary/aromatic N) is 2. The van der Waals surface area contributed by atoms with E-state index in [1.54, 1.807) is 25.7 Å². The summed E-state index contributed by atoms with van der Waals surface area (Å²) in [5, 5.41) is 14.9. The molecule has 43 heavy (non-hydrogen) atoms. The number of alkyl carbamates (subject to hydrolysis) is 1. The molecule has 1 saturated heterocycles. The van der Waals surface area contributed by atoms with Crippen LogP contribution in [0.1, 0.15) is 50.3 Å². The lowest BCUT2D eigenvalue weighted by atomic mass is 10.0. The van der Waals surface area contributed by atoms with E-state index in [1.807, 2.05) is 91.0 Å². The van der Waals surface area contributed by atoms with Gasteiger partial charge in [0, 0.05) is 19.5 Å². The smallest absolute Gasteiger partial charge is 0.407 e. The number of ether oxygens (including phenoxy) is 1. The van der Waals surface area contributed by atoms with Crippen molar-refractivity contribution in [1.29, 1.82) is 5.41 Å². The second-order valence-corrected chi connectivity index (χ2v) is 11.6. The highest BCUT2D eigenvalue weighted by Gasteiger charge is 2.47. The molecule has 1 aliphatic rings. The van der Waals surface area contributed by atoms with Crippen LogP contribution in [0.5, 0.6) is 0 Å². The normalized spacial score (nSPS) is 15.7. The first-order valence-electron chi connectivity index (χ1n) is 14.7. The zero-order chi connectivity index (χ0) is 30.8. The Morgan fingerprint density at radius 1 is 0.860 bits per heavy atom. The summed E-state index contributed by atoms with van der Waals surface area (Å²) in [6.07, 6.45) is 0.582. The minimum atomic E-state index is -0.855. The van der Waals surface area contributed by atoms with E-state index < -0.39 is 23.8 Å². The molecule has 3 N–H and O–H groups in total. The van der Waals surface area contributed by atoms with Gasteiger partial charge in [0.15, 0.2) is 0 Å². The van der Waals surface area contributed by atoms with Crippen LogP contribution in [0.4, 0.5) is 9.59 Å². The minimum absolute atomic E-state index is 0.158. The van der Waals surface area contributed by atoms with Gasteiger partial charge in [0.2, 0.25) is 5.91 Å². The van der Waals surface area contributed by atoms with Crippen LogP contribution in [-0.4, -0.2) is 57.9 Å². The Morgan fingerprint density at radius 2 is 1.42 bits per heavy atom. The molecule has 0 spiro atoms. The predicted molar refractivity (Wildman–Crippen MR) is 166 cm³/mol. The molecule has 4 amide bonds. The fraction of sp³-hybridized carbons (Fsp3) is 0.353. The molecule has 9 heteroatoms. The third-order valence-electron chi connectivity index (χ3n) is 7.12. The van der Waals surface area contributed by atoms with Gasteiger partial charge in [0.25, 0.3) is 0 Å². The lowest BCUT2D eigenvalue weighted by Gasteiger charge is -2.31. The second kappa shape index (κ2) is 14.5. The third kappa shape index (κ3) is 8.91. The average Bonchev–Trinajstić information content (AvgIpc) is 3.20. The lowest BCUT2D eigenvalue weighted by molar-refractivity contribution is -0.126. The standard InChI is InChI=1S/C34H41N5O4/c1-34(2,3)43-32(41)36-21-13-20-28(31(40)37-23-26-16-9-5-10-17-26)39-29(22-25-14-7-4-8-15-25)30(35)38(33(39)42)24-27-18-11-6-12-19-27/h4-12,14-19,28-29,35H,13,20-24H2,1-3H3,(H,36,41)(H,37,40)/t28-,29+/m0/s1. The van der Waals surface area contributed by atoms with Gasteiger partial charge >= 0.3 is 12.1 Å². The quantitative estimate of drug-likeness (QED) is 0.244. The Morgan fingerprint density at radius 3 is 2.00 bits per heavy atom. The van der Waals surface area contributed by atoms with Crippen molar-refractivity contribution in [3.8, 4) is 0 Å². The summed E-state index contributed by atoms with van der Waals surface area (Å²) < 4.78 is 5.34. The van der Waals surface area contributed by atoms with Crippen molar-refractivity contribution < 1.29 is 19.1 Å². The molecule has 226 valence electrons. The summed E-state index contributed by atoms with van der Waals surface area (Å²) in [5.41, 5.74) is 2.17. The van der Waals surface area contributed by atoms with E-state index in [4.69, 9.17) is 10.1 Å². The third-order valence-corrected chi connectivity index (χ3v) is 7.12. The summed E-state index contributed by atoms with van der Waals surface area (Å²) in [7, 11) is 0. The molecule has 3 aromatic carbocycles.